The third kappa shape index (κ3) is 57.3. The average molecular weight is 1310 g/mol. The molecule has 0 aliphatic rings. The van der Waals surface area contributed by atoms with Gasteiger partial charge in [0, 0.05) is 60.3 Å². The van der Waals surface area contributed by atoms with Crippen LogP contribution in [0.1, 0.15) is 175 Å². The number of hydrogen-bond donors (Lipinski definition) is 9. The molecule has 0 aliphatic carbocycles. The van der Waals surface area contributed by atoms with Gasteiger partial charge in [-0.05, 0) is 106 Å². The van der Waals surface area contributed by atoms with E-state index in [1.807, 2.05) is 62.3 Å². The van der Waals surface area contributed by atoms with E-state index < -0.39 is 0 Å². The first-order chi connectivity index (χ1) is 42.9. The largest absolute Gasteiger partial charge is 0.379 e. The summed E-state index contributed by atoms with van der Waals surface area (Å²) >= 11 is 0. The molecule has 0 fully saturated rings. The molecule has 15 atom stereocenters. The number of nitrogens with two attached hydrogens (primary N) is 9. The van der Waals surface area contributed by atoms with Gasteiger partial charge in [-0.3, -0.25) is 0 Å². The second-order valence-electron chi connectivity index (χ2n) is 24.8. The molecule has 0 rings (SSSR count). The summed E-state index contributed by atoms with van der Waals surface area (Å²) in [5, 5.41) is 0. The van der Waals surface area contributed by atoms with Crippen molar-refractivity contribution >= 4 is 0 Å². The smallest absolute Gasteiger partial charge is 0.104 e. The fourth-order valence-corrected chi connectivity index (χ4v) is 7.28. The summed E-state index contributed by atoms with van der Waals surface area (Å²) < 4.78 is 88.1. The molecule has 18 N–H and O–H groups in total. The molecule has 0 saturated heterocycles. The van der Waals surface area contributed by atoms with Crippen LogP contribution in [0.5, 0.6) is 0 Å². The number of rotatable bonds is 62. The van der Waals surface area contributed by atoms with Crippen molar-refractivity contribution in [3.63, 3.8) is 0 Å². The summed E-state index contributed by atoms with van der Waals surface area (Å²) in [6.07, 6.45) is 8.17. The van der Waals surface area contributed by atoms with Crippen LogP contribution in [0.2, 0.25) is 0 Å². The van der Waals surface area contributed by atoms with E-state index in [1.165, 1.54) is 0 Å². The number of hydrogen-bond acceptors (Lipinski definition) is 24. The summed E-state index contributed by atoms with van der Waals surface area (Å²) in [6, 6.07) is 0.332. The Morgan fingerprint density at radius 2 is 0.511 bits per heavy atom. The molecule has 0 amide bonds. The van der Waals surface area contributed by atoms with E-state index in [0.29, 0.717) is 145 Å². The quantitative estimate of drug-likeness (QED) is 0.0372. The summed E-state index contributed by atoms with van der Waals surface area (Å²) in [7, 11) is 0. The second-order valence-corrected chi connectivity index (χ2v) is 24.8. The minimum Gasteiger partial charge on any atom is -0.379 e. The molecule has 0 spiro atoms. The maximum atomic E-state index is 6.19. The fourth-order valence-electron chi connectivity index (χ4n) is 7.28. The molecule has 0 aromatic carbocycles. The molecule has 90 heavy (non-hydrogen) atoms. The first kappa shape index (κ1) is 93.2. The highest BCUT2D eigenvalue weighted by atomic mass is 16.6. The van der Waals surface area contributed by atoms with Gasteiger partial charge in [0.2, 0.25) is 0 Å². The minimum absolute atomic E-state index is 0.00655. The summed E-state index contributed by atoms with van der Waals surface area (Å²) in [5.74, 6) is 0. The Kier molecular flexibility index (Phi) is 65.1. The van der Waals surface area contributed by atoms with Crippen LogP contribution in [0.3, 0.4) is 0 Å². The monoisotopic (exact) mass is 1310 g/mol. The van der Waals surface area contributed by atoms with E-state index in [4.69, 9.17) is 123 Å². The molecule has 15 unspecified atom stereocenters. The zero-order valence-corrected chi connectivity index (χ0v) is 60.3. The molecular formula is C66H147N9O15. The van der Waals surface area contributed by atoms with Crippen molar-refractivity contribution in [2.75, 3.05) is 145 Å². The Balaban J connectivity index is -0.00000130. The van der Waals surface area contributed by atoms with Crippen LogP contribution in [0.4, 0.5) is 0 Å². The molecule has 0 saturated carbocycles. The van der Waals surface area contributed by atoms with E-state index in [9.17, 15) is 0 Å². The Morgan fingerprint density at radius 3 is 0.800 bits per heavy atom. The van der Waals surface area contributed by atoms with E-state index in [-0.39, 0.29) is 109 Å². The lowest BCUT2D eigenvalue weighted by molar-refractivity contribution is -0.115. The van der Waals surface area contributed by atoms with Crippen LogP contribution in [-0.4, -0.2) is 249 Å². The maximum Gasteiger partial charge on any atom is 0.104 e. The lowest BCUT2D eigenvalue weighted by atomic mass is 9.88. The highest BCUT2D eigenvalue weighted by Gasteiger charge is 2.31. The van der Waals surface area contributed by atoms with Crippen molar-refractivity contribution in [2.24, 2.45) is 57.0 Å². The van der Waals surface area contributed by atoms with Gasteiger partial charge in [0.25, 0.3) is 0 Å². The van der Waals surface area contributed by atoms with Gasteiger partial charge in [-0.2, -0.15) is 0 Å². The molecule has 0 bridgehead atoms. The van der Waals surface area contributed by atoms with Crippen LogP contribution in [0, 0.1) is 5.41 Å². The van der Waals surface area contributed by atoms with E-state index in [0.717, 1.165) is 64.2 Å². The van der Waals surface area contributed by atoms with Crippen molar-refractivity contribution in [2.45, 2.75) is 278 Å². The molecule has 24 heteroatoms. The van der Waals surface area contributed by atoms with Crippen molar-refractivity contribution in [1.82, 2.24) is 0 Å². The Hall–Kier alpha value is -0.960. The van der Waals surface area contributed by atoms with Crippen molar-refractivity contribution in [1.29, 1.82) is 0 Å². The van der Waals surface area contributed by atoms with Crippen LogP contribution in [-0.2, 0) is 71.1 Å². The lowest BCUT2D eigenvalue weighted by Gasteiger charge is -2.33. The van der Waals surface area contributed by atoms with Gasteiger partial charge in [0.1, 0.15) is 12.2 Å². The first-order valence-corrected chi connectivity index (χ1v) is 34.6. The molecule has 0 radical (unpaired) electrons. The van der Waals surface area contributed by atoms with Crippen molar-refractivity contribution < 1.29 is 71.1 Å². The normalized spacial score (nSPS) is 18.4. The zero-order chi connectivity index (χ0) is 68.5. The molecular weight excluding hydrogens is 1160 g/mol. The summed E-state index contributed by atoms with van der Waals surface area (Å²) in [4.78, 5) is 0. The third-order valence-corrected chi connectivity index (χ3v) is 14.9. The van der Waals surface area contributed by atoms with Gasteiger partial charge >= 0.3 is 0 Å². The molecule has 0 aromatic rings. The summed E-state index contributed by atoms with van der Waals surface area (Å²) in [5.41, 5.74) is 52.6. The third-order valence-electron chi connectivity index (χ3n) is 14.9. The highest BCUT2D eigenvalue weighted by molar-refractivity contribution is 4.79. The predicted molar refractivity (Wildman–Crippen MR) is 365 cm³/mol. The lowest BCUT2D eigenvalue weighted by Crippen LogP contribution is -2.40. The van der Waals surface area contributed by atoms with Gasteiger partial charge < -0.3 is 123 Å². The minimum atomic E-state index is -0.230. The first-order valence-electron chi connectivity index (χ1n) is 34.6. The van der Waals surface area contributed by atoms with E-state index in [2.05, 4.69) is 48.5 Å². The average Bonchev–Trinajstić information content (AvgIpc) is 2.91. The number of ether oxygens (including phenoxy) is 15. The van der Waals surface area contributed by atoms with Gasteiger partial charge in [-0.25, -0.2) is 0 Å². The van der Waals surface area contributed by atoms with E-state index in [1.54, 1.807) is 0 Å². The molecule has 0 aliphatic heterocycles. The van der Waals surface area contributed by atoms with Gasteiger partial charge in [-0.15, -0.1) is 0 Å². The summed E-state index contributed by atoms with van der Waals surface area (Å²) in [6.45, 7) is 43.2. The van der Waals surface area contributed by atoms with Crippen LogP contribution in [0.25, 0.3) is 0 Å². The Labute approximate surface area is 549 Å². The highest BCUT2D eigenvalue weighted by Crippen LogP contribution is 2.25. The van der Waals surface area contributed by atoms with Crippen LogP contribution < -0.4 is 51.6 Å². The Morgan fingerprint density at radius 1 is 0.244 bits per heavy atom. The second kappa shape index (κ2) is 62.8. The van der Waals surface area contributed by atoms with Gasteiger partial charge in [0.05, 0.1) is 181 Å². The Bertz CT molecular complexity index is 1420. The topological polar surface area (TPSA) is 373 Å². The zero-order valence-electron chi connectivity index (χ0n) is 60.3. The van der Waals surface area contributed by atoms with Gasteiger partial charge in [0.15, 0.2) is 0 Å². The SMILES string of the molecule is CCC(COCC(C)N)(COCC(C)N)COC(C)CN.CCC(N)COC(C)COCC(COCC(C)OCC(N)CC)OCC(C)OCC(N)CC.CCC(N)COC(CC)COCC(COCC(CC)OCC(N)CC)OCC(CC)OCC(N)CC. The molecule has 546 valence electrons. The maximum absolute atomic E-state index is 6.19. The van der Waals surface area contributed by atoms with Crippen LogP contribution in [0.15, 0.2) is 0 Å². The standard InChI is InChI=1S/C27H59N3O6.C24H53N3O6.C15H35N3O3/c1-7-21(28)13-33-24(10-4)16-31-18-27(36-20-26(12-6)35-15-23(30)9-3)19-32-17-25(11-5)34-14-22(29)8-2;1-7-21(25)13-30-18(4)10-28-16-24(33-12-20(6)32-15-23(27)9-3)17-29-11-19(5)31-14-22(26)8-2;1-5-15(9-19-7-12(2)17,10-20-8-13(3)18)11-21-14(4)6-16/h21-27H,7-20,28-30H2,1-6H3;18-24H,7-17,25-27H2,1-6H3;12-14H,5-11,16-18H2,1-4H3. The molecule has 24 nitrogen and oxygen atoms in total. The van der Waals surface area contributed by atoms with Gasteiger partial charge in [-0.1, -0.05) is 69.2 Å². The molecule has 0 heterocycles. The van der Waals surface area contributed by atoms with Crippen LogP contribution >= 0.6 is 0 Å². The predicted octanol–water partition coefficient (Wildman–Crippen LogP) is 5.31. The van der Waals surface area contributed by atoms with E-state index >= 15 is 0 Å². The van der Waals surface area contributed by atoms with Crippen molar-refractivity contribution in [3.8, 4) is 0 Å². The van der Waals surface area contributed by atoms with Crippen molar-refractivity contribution in [3.05, 3.63) is 0 Å². The fraction of sp³-hybridized carbons (Fsp3) is 1.00. The molecule has 0 aromatic heterocycles.